The lowest BCUT2D eigenvalue weighted by Crippen LogP contribution is -2.41. The van der Waals surface area contributed by atoms with Gasteiger partial charge in [-0.05, 0) is 44.2 Å². The van der Waals surface area contributed by atoms with Crippen LogP contribution in [0.3, 0.4) is 0 Å². The fraction of sp³-hybridized carbons (Fsp3) is 0.562. The van der Waals surface area contributed by atoms with Crippen molar-refractivity contribution in [3.05, 3.63) is 29.3 Å². The van der Waals surface area contributed by atoms with Gasteiger partial charge in [0.25, 0.3) is 0 Å². The Morgan fingerprint density at radius 1 is 1.29 bits per heavy atom. The average Bonchev–Trinajstić information content (AvgIpc) is 2.48. The first kappa shape index (κ1) is 18.1. The van der Waals surface area contributed by atoms with Gasteiger partial charge in [0, 0.05) is 19.6 Å². The molecule has 2 N–H and O–H groups in total. The highest BCUT2D eigenvalue weighted by Crippen LogP contribution is 2.20. The molecule has 0 aromatic heterocycles. The Labute approximate surface area is 144 Å². The second-order valence-corrected chi connectivity index (χ2v) is 5.35. The van der Waals surface area contributed by atoms with Crippen molar-refractivity contribution in [3.63, 3.8) is 0 Å². The second kappa shape index (κ2) is 9.12. The lowest BCUT2D eigenvalue weighted by Gasteiger charge is -2.27. The summed E-state index contributed by atoms with van der Waals surface area (Å²) in [6, 6.07) is 6.24. The maximum atomic E-state index is 6.06. The van der Waals surface area contributed by atoms with Crippen LogP contribution in [-0.2, 0) is 6.42 Å². The zero-order chi connectivity index (χ0) is 14.4. The molecule has 0 aliphatic carbocycles. The number of benzene rings is 1. The topological polar surface area (TPSA) is 50.9 Å². The molecule has 5 heteroatoms. The second-order valence-electron chi connectivity index (χ2n) is 5.35. The highest BCUT2D eigenvalue weighted by Gasteiger charge is 2.11. The molecule has 1 saturated heterocycles. The first-order chi connectivity index (χ1) is 9.70. The van der Waals surface area contributed by atoms with Gasteiger partial charge < -0.3 is 15.4 Å². The number of aryl methyl sites for hydroxylation is 1. The summed E-state index contributed by atoms with van der Waals surface area (Å²) in [5.41, 5.74) is 8.50. The predicted molar refractivity (Wildman–Crippen MR) is 98.8 cm³/mol. The van der Waals surface area contributed by atoms with Gasteiger partial charge in [-0.3, -0.25) is 4.99 Å². The first-order valence-electron chi connectivity index (χ1n) is 7.39. The zero-order valence-electron chi connectivity index (χ0n) is 13.0. The van der Waals surface area contributed by atoms with Gasteiger partial charge in [-0.1, -0.05) is 17.7 Å². The van der Waals surface area contributed by atoms with Gasteiger partial charge in [0.1, 0.15) is 5.75 Å². The molecule has 4 nitrogen and oxygen atoms in total. The van der Waals surface area contributed by atoms with Crippen LogP contribution in [0.4, 0.5) is 0 Å². The van der Waals surface area contributed by atoms with E-state index in [0.29, 0.717) is 12.5 Å². The maximum Gasteiger partial charge on any atom is 0.191 e. The third kappa shape index (κ3) is 5.37. The molecule has 0 atom stereocenters. The number of guanidine groups is 1. The van der Waals surface area contributed by atoms with Crippen LogP contribution in [0.2, 0.25) is 0 Å². The van der Waals surface area contributed by atoms with Crippen LogP contribution in [0, 0.1) is 6.92 Å². The van der Waals surface area contributed by atoms with Crippen molar-refractivity contribution in [3.8, 4) is 5.75 Å². The van der Waals surface area contributed by atoms with Crippen molar-refractivity contribution in [2.75, 3.05) is 26.7 Å². The van der Waals surface area contributed by atoms with Gasteiger partial charge in [0.05, 0.1) is 7.11 Å². The molecular weight excluding hydrogens is 377 g/mol. The third-order valence-electron chi connectivity index (χ3n) is 3.77. The van der Waals surface area contributed by atoms with Crippen molar-refractivity contribution in [2.24, 2.45) is 10.7 Å². The number of halogens is 1. The minimum absolute atomic E-state index is 0. The summed E-state index contributed by atoms with van der Waals surface area (Å²) in [6.45, 7) is 4.89. The standard InChI is InChI=1S/C16H25N3O.HI/c1-13-6-7-15(20-2)14(12-13)8-9-18-16(17)19-10-4-3-5-11-19;/h6-7,12H,3-5,8-11H2,1-2H3,(H2,17,18);1H. The van der Waals surface area contributed by atoms with E-state index >= 15 is 0 Å². The number of nitrogens with zero attached hydrogens (tertiary/aromatic N) is 2. The Balaban J connectivity index is 0.00000220. The summed E-state index contributed by atoms with van der Waals surface area (Å²) in [5, 5.41) is 0. The normalized spacial score (nSPS) is 15.5. The zero-order valence-corrected chi connectivity index (χ0v) is 15.3. The predicted octanol–water partition coefficient (Wildman–Crippen LogP) is 2.96. The van der Waals surface area contributed by atoms with Gasteiger partial charge in [0.2, 0.25) is 0 Å². The molecule has 1 aliphatic heterocycles. The molecule has 1 heterocycles. The fourth-order valence-electron chi connectivity index (χ4n) is 2.62. The average molecular weight is 403 g/mol. The SMILES string of the molecule is COc1ccc(C)cc1CCN=C(N)N1CCCCC1.I. The summed E-state index contributed by atoms with van der Waals surface area (Å²) in [7, 11) is 1.71. The summed E-state index contributed by atoms with van der Waals surface area (Å²) < 4.78 is 5.38. The van der Waals surface area contributed by atoms with Gasteiger partial charge in [-0.2, -0.15) is 0 Å². The molecule has 1 fully saturated rings. The highest BCUT2D eigenvalue weighted by atomic mass is 127. The molecule has 0 bridgehead atoms. The quantitative estimate of drug-likeness (QED) is 0.478. The lowest BCUT2D eigenvalue weighted by molar-refractivity contribution is 0.338. The number of ether oxygens (including phenoxy) is 1. The van der Waals surface area contributed by atoms with E-state index in [1.807, 2.05) is 6.07 Å². The molecular formula is C16H26IN3O. The van der Waals surface area contributed by atoms with E-state index in [1.165, 1.54) is 30.4 Å². The smallest absolute Gasteiger partial charge is 0.191 e. The number of aliphatic imine (C=N–C) groups is 1. The summed E-state index contributed by atoms with van der Waals surface area (Å²) in [4.78, 5) is 6.70. The van der Waals surface area contributed by atoms with Crippen LogP contribution in [0.1, 0.15) is 30.4 Å². The largest absolute Gasteiger partial charge is 0.496 e. The van der Waals surface area contributed by atoms with Crippen LogP contribution in [0.25, 0.3) is 0 Å². The van der Waals surface area contributed by atoms with Crippen molar-refractivity contribution in [1.82, 2.24) is 4.90 Å². The minimum Gasteiger partial charge on any atom is -0.496 e. The molecule has 118 valence electrons. The van der Waals surface area contributed by atoms with Gasteiger partial charge >= 0.3 is 0 Å². The van der Waals surface area contributed by atoms with E-state index in [4.69, 9.17) is 10.5 Å². The van der Waals surface area contributed by atoms with E-state index < -0.39 is 0 Å². The van der Waals surface area contributed by atoms with Crippen molar-refractivity contribution in [2.45, 2.75) is 32.6 Å². The van der Waals surface area contributed by atoms with Crippen molar-refractivity contribution >= 4 is 29.9 Å². The molecule has 0 amide bonds. The monoisotopic (exact) mass is 403 g/mol. The Bertz CT molecular complexity index is 471. The van der Waals surface area contributed by atoms with E-state index in [0.717, 1.165) is 25.3 Å². The van der Waals surface area contributed by atoms with Crippen LogP contribution in [0.15, 0.2) is 23.2 Å². The summed E-state index contributed by atoms with van der Waals surface area (Å²) in [5.74, 6) is 1.62. The molecule has 2 rings (SSSR count). The number of rotatable bonds is 4. The van der Waals surface area contributed by atoms with Crippen LogP contribution in [-0.4, -0.2) is 37.6 Å². The molecule has 21 heavy (non-hydrogen) atoms. The molecule has 0 spiro atoms. The number of hydrogen-bond donors (Lipinski definition) is 1. The minimum atomic E-state index is 0. The van der Waals surface area contributed by atoms with Gasteiger partial charge in [-0.15, -0.1) is 24.0 Å². The molecule has 0 radical (unpaired) electrons. The molecule has 0 saturated carbocycles. The summed E-state index contributed by atoms with van der Waals surface area (Å²) in [6.07, 6.45) is 4.62. The van der Waals surface area contributed by atoms with Crippen molar-refractivity contribution < 1.29 is 4.74 Å². The Hall–Kier alpha value is -0.980. The van der Waals surface area contributed by atoms with Crippen LogP contribution in [0.5, 0.6) is 5.75 Å². The van der Waals surface area contributed by atoms with Crippen LogP contribution < -0.4 is 10.5 Å². The van der Waals surface area contributed by atoms with Gasteiger partial charge in [-0.25, -0.2) is 0 Å². The number of methoxy groups -OCH3 is 1. The van der Waals surface area contributed by atoms with Crippen LogP contribution >= 0.6 is 24.0 Å². The number of likely N-dealkylation sites (tertiary alicyclic amines) is 1. The molecule has 0 unspecified atom stereocenters. The van der Waals surface area contributed by atoms with E-state index in [2.05, 4.69) is 28.9 Å². The van der Waals surface area contributed by atoms with Crippen molar-refractivity contribution in [1.29, 1.82) is 0 Å². The Morgan fingerprint density at radius 2 is 2.00 bits per heavy atom. The van der Waals surface area contributed by atoms with Gasteiger partial charge in [0.15, 0.2) is 5.96 Å². The molecule has 1 aromatic carbocycles. The maximum absolute atomic E-state index is 6.06. The van der Waals surface area contributed by atoms with E-state index in [1.54, 1.807) is 7.11 Å². The highest BCUT2D eigenvalue weighted by molar-refractivity contribution is 14.0. The number of piperidine rings is 1. The first-order valence-corrected chi connectivity index (χ1v) is 7.39. The fourth-order valence-corrected chi connectivity index (χ4v) is 2.62. The summed E-state index contributed by atoms with van der Waals surface area (Å²) >= 11 is 0. The lowest BCUT2D eigenvalue weighted by atomic mass is 10.1. The number of nitrogens with two attached hydrogens (primary N) is 1. The molecule has 1 aliphatic rings. The third-order valence-corrected chi connectivity index (χ3v) is 3.77. The van der Waals surface area contributed by atoms with E-state index in [-0.39, 0.29) is 24.0 Å². The Morgan fingerprint density at radius 3 is 2.67 bits per heavy atom. The number of hydrogen-bond acceptors (Lipinski definition) is 2. The van der Waals surface area contributed by atoms with E-state index in [9.17, 15) is 0 Å². The Kier molecular flexibility index (Phi) is 7.85. The molecule has 1 aromatic rings.